The molecule has 1 atom stereocenters. The molecule has 0 saturated carbocycles. The van der Waals surface area contributed by atoms with E-state index in [0.717, 1.165) is 25.5 Å². The number of amides is 1. The summed E-state index contributed by atoms with van der Waals surface area (Å²) in [7, 11) is 0. The van der Waals surface area contributed by atoms with Gasteiger partial charge in [-0.25, -0.2) is 18.9 Å². The minimum atomic E-state index is -1.27. The number of hydrazine groups is 1. The van der Waals surface area contributed by atoms with Crippen molar-refractivity contribution < 1.29 is 13.6 Å². The predicted octanol–water partition coefficient (Wildman–Crippen LogP) is 4.22. The Labute approximate surface area is 168 Å². The van der Waals surface area contributed by atoms with Crippen LogP contribution in [0.3, 0.4) is 0 Å². The van der Waals surface area contributed by atoms with Gasteiger partial charge >= 0.3 is 0 Å². The lowest BCUT2D eigenvalue weighted by Gasteiger charge is -2.32. The molecule has 3 N–H and O–H groups in total. The zero-order chi connectivity index (χ0) is 20.3. The predicted molar refractivity (Wildman–Crippen MR) is 108 cm³/mol. The Hall–Kier alpha value is -1.96. The van der Waals surface area contributed by atoms with Gasteiger partial charge in [0.15, 0.2) is 0 Å². The maximum absolute atomic E-state index is 14.7. The van der Waals surface area contributed by atoms with Crippen LogP contribution in [0.2, 0.25) is 0 Å². The van der Waals surface area contributed by atoms with Crippen LogP contribution in [0.5, 0.6) is 0 Å². The van der Waals surface area contributed by atoms with Gasteiger partial charge in [0.1, 0.15) is 11.6 Å². The van der Waals surface area contributed by atoms with Gasteiger partial charge in [-0.15, -0.1) is 0 Å². The minimum absolute atomic E-state index is 0.00911. The summed E-state index contributed by atoms with van der Waals surface area (Å²) in [6.45, 7) is 4.15. The van der Waals surface area contributed by atoms with E-state index in [1.54, 1.807) is 11.9 Å². The molecule has 0 aliphatic carbocycles. The molecular weight excluding hydrogens is 380 g/mol. The largest absolute Gasteiger partial charge is 0.294 e. The molecule has 2 aromatic carbocycles. The average molecular weight is 406 g/mol. The smallest absolute Gasteiger partial charge is 0.244 e. The monoisotopic (exact) mass is 405 g/mol. The molecule has 150 valence electrons. The molecule has 0 radical (unpaired) electrons. The molecule has 1 heterocycles. The van der Waals surface area contributed by atoms with Crippen LogP contribution in [0.1, 0.15) is 48.6 Å². The van der Waals surface area contributed by atoms with Crippen LogP contribution in [-0.4, -0.2) is 16.8 Å². The van der Waals surface area contributed by atoms with Gasteiger partial charge in [-0.2, -0.15) is 0 Å². The van der Waals surface area contributed by atoms with Crippen molar-refractivity contribution in [3.8, 4) is 0 Å². The van der Waals surface area contributed by atoms with Gasteiger partial charge in [0.25, 0.3) is 0 Å². The van der Waals surface area contributed by atoms with Crippen molar-refractivity contribution in [2.75, 3.05) is 6.54 Å². The molecule has 1 saturated heterocycles. The second-order valence-electron chi connectivity index (χ2n) is 7.53. The summed E-state index contributed by atoms with van der Waals surface area (Å²) in [6, 6.07) is 12.5. The van der Waals surface area contributed by atoms with Gasteiger partial charge in [0, 0.05) is 29.5 Å². The Morgan fingerprint density at radius 1 is 1.25 bits per heavy atom. The van der Waals surface area contributed by atoms with E-state index in [-0.39, 0.29) is 11.1 Å². The van der Waals surface area contributed by atoms with Crippen LogP contribution in [-0.2, 0) is 16.8 Å². The third-order valence-corrected chi connectivity index (χ3v) is 6.55. The van der Waals surface area contributed by atoms with Crippen molar-refractivity contribution in [2.45, 2.75) is 43.9 Å². The second kappa shape index (κ2) is 8.59. The average Bonchev–Trinajstić information content (AvgIpc) is 2.70. The van der Waals surface area contributed by atoms with Crippen LogP contribution < -0.4 is 11.3 Å². The molecule has 7 heteroatoms. The van der Waals surface area contributed by atoms with Crippen LogP contribution in [0.25, 0.3) is 0 Å². The summed E-state index contributed by atoms with van der Waals surface area (Å²) in [4.78, 5) is 11.9. The fourth-order valence-electron chi connectivity index (χ4n) is 3.43. The first-order chi connectivity index (χ1) is 13.3. The number of benzene rings is 2. The third kappa shape index (κ3) is 4.37. The van der Waals surface area contributed by atoms with Crippen molar-refractivity contribution in [2.24, 2.45) is 5.84 Å². The van der Waals surface area contributed by atoms with E-state index in [4.69, 9.17) is 5.84 Å². The lowest BCUT2D eigenvalue weighted by Crippen LogP contribution is -2.44. The molecule has 0 aromatic heterocycles. The SMILES string of the molecule is CC(C)(C(=O)NN)c1cc(F)c(CN2CCCC(c3ccccc3)S2)cc1F. The normalized spacial score (nSPS) is 18.1. The van der Waals surface area contributed by atoms with E-state index in [1.807, 2.05) is 23.6 Å². The van der Waals surface area contributed by atoms with Crippen LogP contribution in [0.4, 0.5) is 8.78 Å². The lowest BCUT2D eigenvalue weighted by molar-refractivity contribution is -0.125. The first-order valence-corrected chi connectivity index (χ1v) is 10.1. The maximum atomic E-state index is 14.7. The summed E-state index contributed by atoms with van der Waals surface area (Å²) >= 11 is 1.68. The van der Waals surface area contributed by atoms with Crippen LogP contribution in [0, 0.1) is 11.6 Å². The van der Waals surface area contributed by atoms with Crippen molar-refractivity contribution in [3.63, 3.8) is 0 Å². The van der Waals surface area contributed by atoms with E-state index < -0.39 is 23.0 Å². The summed E-state index contributed by atoms with van der Waals surface area (Å²) in [5, 5.41) is 0.314. The first-order valence-electron chi connectivity index (χ1n) is 9.29. The highest BCUT2D eigenvalue weighted by atomic mass is 32.2. The Balaban J connectivity index is 1.77. The highest BCUT2D eigenvalue weighted by Gasteiger charge is 2.33. The van der Waals surface area contributed by atoms with Crippen LogP contribution in [0.15, 0.2) is 42.5 Å². The van der Waals surface area contributed by atoms with Gasteiger partial charge in [-0.3, -0.25) is 10.2 Å². The van der Waals surface area contributed by atoms with E-state index in [1.165, 1.54) is 25.5 Å². The fourth-order valence-corrected chi connectivity index (χ4v) is 4.79. The van der Waals surface area contributed by atoms with Gasteiger partial charge in [0.05, 0.1) is 5.41 Å². The number of nitrogens with one attached hydrogen (secondary N) is 1. The molecular formula is C21H25F2N3OS. The zero-order valence-corrected chi connectivity index (χ0v) is 16.9. The second-order valence-corrected chi connectivity index (χ2v) is 8.83. The molecule has 1 amide bonds. The molecule has 0 spiro atoms. The van der Waals surface area contributed by atoms with Gasteiger partial charge in [-0.1, -0.05) is 42.3 Å². The number of carbonyl (C=O) groups excluding carboxylic acids is 1. The lowest BCUT2D eigenvalue weighted by atomic mass is 9.83. The first kappa shape index (κ1) is 20.8. The summed E-state index contributed by atoms with van der Waals surface area (Å²) < 4.78 is 31.5. The Kier molecular flexibility index (Phi) is 6.37. The number of carbonyl (C=O) groups is 1. The Morgan fingerprint density at radius 3 is 2.64 bits per heavy atom. The molecule has 3 rings (SSSR count). The van der Waals surface area contributed by atoms with E-state index in [9.17, 15) is 13.6 Å². The summed E-state index contributed by atoms with van der Waals surface area (Å²) in [6.07, 6.45) is 2.06. The van der Waals surface area contributed by atoms with E-state index in [2.05, 4.69) is 16.4 Å². The number of halogens is 2. The maximum Gasteiger partial charge on any atom is 0.244 e. The number of rotatable bonds is 5. The quantitative estimate of drug-likeness (QED) is 0.339. The zero-order valence-electron chi connectivity index (χ0n) is 16.0. The van der Waals surface area contributed by atoms with Crippen molar-refractivity contribution in [1.82, 2.24) is 9.73 Å². The topological polar surface area (TPSA) is 58.4 Å². The Morgan fingerprint density at radius 2 is 1.96 bits per heavy atom. The van der Waals surface area contributed by atoms with Gasteiger partial charge in [0.2, 0.25) is 5.91 Å². The molecule has 1 aliphatic heterocycles. The standard InChI is InChI=1S/C21H25F2N3OS/c1-21(2,20(27)25-24)16-12-17(22)15(11-18(16)23)13-26-10-6-9-19(28-26)14-7-4-3-5-8-14/h3-5,7-8,11-12,19H,6,9-10,13,24H2,1-2H3,(H,25,27). The fraction of sp³-hybridized carbons (Fsp3) is 0.381. The molecule has 1 unspecified atom stereocenters. The molecule has 2 aromatic rings. The molecule has 1 fully saturated rings. The number of nitrogens with two attached hydrogens (primary N) is 1. The minimum Gasteiger partial charge on any atom is -0.294 e. The molecule has 1 aliphatic rings. The van der Waals surface area contributed by atoms with Gasteiger partial charge < -0.3 is 0 Å². The van der Waals surface area contributed by atoms with Crippen LogP contribution >= 0.6 is 11.9 Å². The molecule has 0 bridgehead atoms. The Bertz CT molecular complexity index is 845. The van der Waals surface area contributed by atoms with Crippen molar-refractivity contribution in [3.05, 3.63) is 70.8 Å². The molecule has 4 nitrogen and oxygen atoms in total. The van der Waals surface area contributed by atoms with Crippen molar-refractivity contribution in [1.29, 1.82) is 0 Å². The number of hydrogen-bond donors (Lipinski definition) is 2. The molecule has 28 heavy (non-hydrogen) atoms. The van der Waals surface area contributed by atoms with Gasteiger partial charge in [-0.05, 0) is 44.4 Å². The van der Waals surface area contributed by atoms with Crippen molar-refractivity contribution >= 4 is 17.9 Å². The van der Waals surface area contributed by atoms with E-state index >= 15 is 0 Å². The summed E-state index contributed by atoms with van der Waals surface area (Å²) in [5.74, 6) is 3.48. The van der Waals surface area contributed by atoms with E-state index in [0.29, 0.717) is 11.8 Å². The highest BCUT2D eigenvalue weighted by Crippen LogP contribution is 2.40. The highest BCUT2D eigenvalue weighted by molar-refractivity contribution is 7.97. The third-order valence-electron chi connectivity index (χ3n) is 5.18. The number of hydrogen-bond acceptors (Lipinski definition) is 4. The summed E-state index contributed by atoms with van der Waals surface area (Å²) in [5.41, 5.74) is 2.26. The number of nitrogens with zero attached hydrogens (tertiary/aromatic N) is 1.